The molecule has 1 fully saturated rings. The Kier molecular flexibility index (Phi) is 3.69. The maximum Gasteiger partial charge on any atom is 0.0142 e. The average molecular weight is 243 g/mol. The molecule has 98 valence electrons. The third-order valence-corrected chi connectivity index (χ3v) is 4.85. The third-order valence-electron chi connectivity index (χ3n) is 4.85. The van der Waals surface area contributed by atoms with Gasteiger partial charge in [0.1, 0.15) is 0 Å². The number of rotatable bonds is 6. The SMILES string of the molecule is CCCNC(CC1CCC1)C1Cc2ccccc21. The largest absolute Gasteiger partial charge is 0.313 e. The second-order valence-corrected chi connectivity index (χ2v) is 6.10. The van der Waals surface area contributed by atoms with E-state index in [1.54, 1.807) is 11.1 Å². The molecule has 0 saturated heterocycles. The molecule has 18 heavy (non-hydrogen) atoms. The Hall–Kier alpha value is -0.820. The number of nitrogens with one attached hydrogen (secondary N) is 1. The molecule has 0 aromatic heterocycles. The minimum Gasteiger partial charge on any atom is -0.313 e. The molecule has 2 aliphatic carbocycles. The van der Waals surface area contributed by atoms with Crippen molar-refractivity contribution in [1.29, 1.82) is 0 Å². The predicted octanol–water partition coefficient (Wildman–Crippen LogP) is 3.88. The highest BCUT2D eigenvalue weighted by atomic mass is 14.9. The number of benzene rings is 1. The van der Waals surface area contributed by atoms with Crippen LogP contribution in [-0.2, 0) is 6.42 Å². The third kappa shape index (κ3) is 2.33. The number of hydrogen-bond acceptors (Lipinski definition) is 1. The highest BCUT2D eigenvalue weighted by Crippen LogP contribution is 2.41. The summed E-state index contributed by atoms with van der Waals surface area (Å²) in [6.07, 6.45) is 8.35. The second kappa shape index (κ2) is 5.44. The Morgan fingerprint density at radius 1 is 1.28 bits per heavy atom. The summed E-state index contributed by atoms with van der Waals surface area (Å²) >= 11 is 0. The van der Waals surface area contributed by atoms with E-state index in [0.717, 1.165) is 17.9 Å². The summed E-state index contributed by atoms with van der Waals surface area (Å²) in [6, 6.07) is 9.74. The van der Waals surface area contributed by atoms with E-state index < -0.39 is 0 Å². The van der Waals surface area contributed by atoms with Gasteiger partial charge < -0.3 is 5.32 Å². The van der Waals surface area contributed by atoms with Gasteiger partial charge >= 0.3 is 0 Å². The Bertz CT molecular complexity index is 394. The second-order valence-electron chi connectivity index (χ2n) is 6.10. The van der Waals surface area contributed by atoms with E-state index in [1.165, 1.54) is 45.1 Å². The summed E-state index contributed by atoms with van der Waals surface area (Å²) in [5.74, 6) is 1.79. The summed E-state index contributed by atoms with van der Waals surface area (Å²) in [5, 5.41) is 3.81. The van der Waals surface area contributed by atoms with Crippen molar-refractivity contribution in [3.05, 3.63) is 35.4 Å². The van der Waals surface area contributed by atoms with Crippen molar-refractivity contribution < 1.29 is 0 Å². The van der Waals surface area contributed by atoms with E-state index >= 15 is 0 Å². The molecule has 1 aromatic carbocycles. The molecule has 1 heteroatoms. The molecule has 0 amide bonds. The molecule has 0 aliphatic heterocycles. The van der Waals surface area contributed by atoms with Gasteiger partial charge in [-0.3, -0.25) is 0 Å². The average Bonchev–Trinajstić information content (AvgIpc) is 2.31. The van der Waals surface area contributed by atoms with Crippen LogP contribution < -0.4 is 5.32 Å². The van der Waals surface area contributed by atoms with Gasteiger partial charge in [0.25, 0.3) is 0 Å². The normalized spacial score (nSPS) is 23.9. The monoisotopic (exact) mass is 243 g/mol. The van der Waals surface area contributed by atoms with Gasteiger partial charge in [0.15, 0.2) is 0 Å². The molecule has 2 atom stereocenters. The molecule has 1 nitrogen and oxygen atoms in total. The van der Waals surface area contributed by atoms with Crippen molar-refractivity contribution in [3.8, 4) is 0 Å². The Balaban J connectivity index is 1.65. The molecule has 0 heterocycles. The van der Waals surface area contributed by atoms with E-state index in [-0.39, 0.29) is 0 Å². The lowest BCUT2D eigenvalue weighted by atomic mass is 9.69. The van der Waals surface area contributed by atoms with Crippen molar-refractivity contribution in [2.24, 2.45) is 5.92 Å². The summed E-state index contributed by atoms with van der Waals surface area (Å²) in [7, 11) is 0. The minimum atomic E-state index is 0.727. The first-order chi connectivity index (χ1) is 8.88. The van der Waals surface area contributed by atoms with Crippen LogP contribution in [-0.4, -0.2) is 12.6 Å². The van der Waals surface area contributed by atoms with Crippen LogP contribution in [0.25, 0.3) is 0 Å². The van der Waals surface area contributed by atoms with Gasteiger partial charge in [-0.25, -0.2) is 0 Å². The van der Waals surface area contributed by atoms with E-state index in [9.17, 15) is 0 Å². The zero-order valence-electron chi connectivity index (χ0n) is 11.5. The molecule has 1 aromatic rings. The van der Waals surface area contributed by atoms with Crippen molar-refractivity contribution in [2.75, 3.05) is 6.54 Å². The predicted molar refractivity (Wildman–Crippen MR) is 76.9 cm³/mol. The maximum atomic E-state index is 3.81. The van der Waals surface area contributed by atoms with E-state index in [2.05, 4.69) is 36.5 Å². The van der Waals surface area contributed by atoms with Crippen LogP contribution >= 0.6 is 0 Å². The van der Waals surface area contributed by atoms with Crippen LogP contribution in [0.5, 0.6) is 0 Å². The lowest BCUT2D eigenvalue weighted by Crippen LogP contribution is -2.42. The first-order valence-corrected chi connectivity index (χ1v) is 7.69. The van der Waals surface area contributed by atoms with Crippen LogP contribution in [0.1, 0.15) is 56.1 Å². The first-order valence-electron chi connectivity index (χ1n) is 7.69. The van der Waals surface area contributed by atoms with Crippen LogP contribution in [0, 0.1) is 5.92 Å². The molecular weight excluding hydrogens is 218 g/mol. The van der Waals surface area contributed by atoms with Crippen molar-refractivity contribution in [2.45, 2.75) is 57.4 Å². The summed E-state index contributed by atoms with van der Waals surface area (Å²) < 4.78 is 0. The summed E-state index contributed by atoms with van der Waals surface area (Å²) in [4.78, 5) is 0. The van der Waals surface area contributed by atoms with Crippen LogP contribution in [0.15, 0.2) is 24.3 Å². The summed E-state index contributed by atoms with van der Waals surface area (Å²) in [6.45, 7) is 3.44. The van der Waals surface area contributed by atoms with Gasteiger partial charge in [0.2, 0.25) is 0 Å². The molecule has 2 unspecified atom stereocenters. The van der Waals surface area contributed by atoms with Gasteiger partial charge in [-0.15, -0.1) is 0 Å². The lowest BCUT2D eigenvalue weighted by Gasteiger charge is -2.40. The molecule has 0 bridgehead atoms. The van der Waals surface area contributed by atoms with Gasteiger partial charge in [0, 0.05) is 12.0 Å². The van der Waals surface area contributed by atoms with Gasteiger partial charge in [0.05, 0.1) is 0 Å². The van der Waals surface area contributed by atoms with Crippen LogP contribution in [0.3, 0.4) is 0 Å². The van der Waals surface area contributed by atoms with Crippen molar-refractivity contribution in [1.82, 2.24) is 5.32 Å². The molecular formula is C17H25N. The number of fused-ring (bicyclic) bond motifs is 1. The molecule has 1 saturated carbocycles. The Labute approximate surface area is 111 Å². The lowest BCUT2D eigenvalue weighted by molar-refractivity contribution is 0.237. The van der Waals surface area contributed by atoms with Gasteiger partial charge in [-0.1, -0.05) is 50.5 Å². The summed E-state index contributed by atoms with van der Waals surface area (Å²) in [5.41, 5.74) is 3.20. The van der Waals surface area contributed by atoms with E-state index in [1.807, 2.05) is 0 Å². The molecule has 0 radical (unpaired) electrons. The highest BCUT2D eigenvalue weighted by Gasteiger charge is 2.34. The fraction of sp³-hybridized carbons (Fsp3) is 0.647. The molecule has 0 spiro atoms. The highest BCUT2D eigenvalue weighted by molar-refractivity contribution is 5.41. The fourth-order valence-electron chi connectivity index (χ4n) is 3.46. The van der Waals surface area contributed by atoms with Crippen molar-refractivity contribution in [3.63, 3.8) is 0 Å². The molecule has 1 N–H and O–H groups in total. The van der Waals surface area contributed by atoms with Gasteiger partial charge in [-0.2, -0.15) is 0 Å². The van der Waals surface area contributed by atoms with Crippen molar-refractivity contribution >= 4 is 0 Å². The standard InChI is InChI=1S/C17H25N/c1-2-10-18-17(11-13-6-5-7-13)16-12-14-8-3-4-9-15(14)16/h3-4,8-9,13,16-18H,2,5-7,10-12H2,1H3. The smallest absolute Gasteiger partial charge is 0.0142 e. The minimum absolute atomic E-state index is 0.727. The van der Waals surface area contributed by atoms with E-state index in [4.69, 9.17) is 0 Å². The van der Waals surface area contributed by atoms with E-state index in [0.29, 0.717) is 0 Å². The van der Waals surface area contributed by atoms with Crippen LogP contribution in [0.2, 0.25) is 0 Å². The van der Waals surface area contributed by atoms with Crippen LogP contribution in [0.4, 0.5) is 0 Å². The topological polar surface area (TPSA) is 12.0 Å². The maximum absolute atomic E-state index is 3.81. The zero-order chi connectivity index (χ0) is 12.4. The van der Waals surface area contributed by atoms with Gasteiger partial charge in [-0.05, 0) is 42.9 Å². The Morgan fingerprint density at radius 2 is 2.11 bits per heavy atom. The first kappa shape index (κ1) is 12.2. The quantitative estimate of drug-likeness (QED) is 0.799. The zero-order valence-corrected chi connectivity index (χ0v) is 11.5. The molecule has 3 rings (SSSR count). The number of hydrogen-bond donors (Lipinski definition) is 1. The molecule has 2 aliphatic rings. The Morgan fingerprint density at radius 3 is 2.78 bits per heavy atom. The fourth-order valence-corrected chi connectivity index (χ4v) is 3.46.